The predicted octanol–water partition coefficient (Wildman–Crippen LogP) is 3.35. The second kappa shape index (κ2) is 6.50. The van der Waals surface area contributed by atoms with E-state index in [-0.39, 0.29) is 18.0 Å². The van der Waals surface area contributed by atoms with Crippen molar-refractivity contribution in [2.24, 2.45) is 0 Å². The number of anilines is 2. The van der Waals surface area contributed by atoms with E-state index in [4.69, 9.17) is 0 Å². The number of alkyl halides is 3. The van der Waals surface area contributed by atoms with Crippen molar-refractivity contribution in [1.29, 1.82) is 0 Å². The highest BCUT2D eigenvalue weighted by Gasteiger charge is 2.27. The average molecular weight is 331 g/mol. The van der Waals surface area contributed by atoms with Crippen molar-refractivity contribution in [3.8, 4) is 0 Å². The van der Waals surface area contributed by atoms with E-state index in [9.17, 15) is 13.2 Å². The van der Waals surface area contributed by atoms with Gasteiger partial charge in [-0.25, -0.2) is 9.97 Å². The number of fused-ring (bicyclic) bond motifs is 1. The molecular weight excluding hydrogens is 317 g/mol. The van der Waals surface area contributed by atoms with Crippen LogP contribution in [0.5, 0.6) is 0 Å². The molecule has 22 heavy (non-hydrogen) atoms. The summed E-state index contributed by atoms with van der Waals surface area (Å²) in [6.45, 7) is 1.47. The van der Waals surface area contributed by atoms with Gasteiger partial charge in [0.05, 0.1) is 12.1 Å². The smallest absolute Gasteiger partial charge is 0.324 e. The largest absolute Gasteiger partial charge is 0.393 e. The molecule has 2 heterocycles. The minimum atomic E-state index is -4.19. The van der Waals surface area contributed by atoms with Crippen molar-refractivity contribution in [3.63, 3.8) is 0 Å². The van der Waals surface area contributed by atoms with Crippen LogP contribution in [0.15, 0.2) is 30.5 Å². The molecule has 2 aromatic rings. The number of halogens is 4. The first-order valence-electron chi connectivity index (χ1n) is 6.48. The topological polar surface area (TPSA) is 49.8 Å². The molecule has 3 rings (SSSR count). The van der Waals surface area contributed by atoms with Gasteiger partial charge < -0.3 is 10.6 Å². The third kappa shape index (κ3) is 4.08. The van der Waals surface area contributed by atoms with Crippen molar-refractivity contribution < 1.29 is 13.2 Å². The maximum atomic E-state index is 12.3. The van der Waals surface area contributed by atoms with E-state index in [1.54, 1.807) is 18.3 Å². The van der Waals surface area contributed by atoms with Crippen LogP contribution in [0.4, 0.5) is 24.8 Å². The van der Waals surface area contributed by atoms with Gasteiger partial charge in [-0.15, -0.1) is 12.4 Å². The minimum Gasteiger partial charge on any atom is -0.324 e. The van der Waals surface area contributed by atoms with Gasteiger partial charge in [0.15, 0.2) is 0 Å². The van der Waals surface area contributed by atoms with Crippen LogP contribution < -0.4 is 10.6 Å². The van der Waals surface area contributed by atoms with Gasteiger partial charge in [0.25, 0.3) is 0 Å². The van der Waals surface area contributed by atoms with Crippen LogP contribution in [-0.4, -0.2) is 16.1 Å². The molecule has 1 aromatic heterocycles. The summed E-state index contributed by atoms with van der Waals surface area (Å²) in [5, 5.41) is 6.16. The summed E-state index contributed by atoms with van der Waals surface area (Å²) in [5.41, 5.74) is 2.90. The Kier molecular flexibility index (Phi) is 4.87. The monoisotopic (exact) mass is 330 g/mol. The van der Waals surface area contributed by atoms with Crippen LogP contribution >= 0.6 is 12.4 Å². The molecule has 1 aliphatic heterocycles. The first-order chi connectivity index (χ1) is 9.99. The van der Waals surface area contributed by atoms with Gasteiger partial charge in [0.1, 0.15) is 0 Å². The molecule has 4 nitrogen and oxygen atoms in total. The van der Waals surface area contributed by atoms with Crippen LogP contribution in [0, 0.1) is 0 Å². The lowest BCUT2D eigenvalue weighted by Gasteiger charge is -2.09. The Labute approximate surface area is 131 Å². The number of nitrogens with zero attached hydrogens (tertiary/aromatic N) is 2. The molecule has 0 radical (unpaired) electrons. The van der Waals surface area contributed by atoms with E-state index in [0.29, 0.717) is 18.2 Å². The number of benzene rings is 1. The predicted molar refractivity (Wildman–Crippen MR) is 79.3 cm³/mol. The standard InChI is InChI=1S/C14H13F3N4.ClH/c15-14(16,17)5-9-1-3-11(4-2-9)20-13-19-7-10-6-18-8-12(10)21-13;/h1-4,7,18H,5-6,8H2,(H,19,20,21);1H. The molecule has 0 aliphatic carbocycles. The maximum Gasteiger partial charge on any atom is 0.393 e. The van der Waals surface area contributed by atoms with Crippen molar-refractivity contribution >= 4 is 24.0 Å². The zero-order valence-electron chi connectivity index (χ0n) is 11.4. The van der Waals surface area contributed by atoms with Crippen molar-refractivity contribution in [2.45, 2.75) is 25.7 Å². The number of hydrogen-bond donors (Lipinski definition) is 2. The van der Waals surface area contributed by atoms with Gasteiger partial charge in [-0.1, -0.05) is 12.1 Å². The highest BCUT2D eigenvalue weighted by molar-refractivity contribution is 5.85. The molecular formula is C14H14ClF3N4. The molecule has 0 amide bonds. The van der Waals surface area contributed by atoms with Crippen LogP contribution in [0.25, 0.3) is 0 Å². The lowest BCUT2D eigenvalue weighted by atomic mass is 10.1. The Bertz CT molecular complexity index is 644. The Balaban J connectivity index is 0.00000176. The molecule has 0 saturated carbocycles. The molecule has 0 spiro atoms. The van der Waals surface area contributed by atoms with Crippen molar-refractivity contribution in [3.05, 3.63) is 47.3 Å². The Morgan fingerprint density at radius 1 is 1.14 bits per heavy atom. The first-order valence-corrected chi connectivity index (χ1v) is 6.48. The van der Waals surface area contributed by atoms with Gasteiger partial charge in [-0.3, -0.25) is 0 Å². The number of aromatic nitrogens is 2. The van der Waals surface area contributed by atoms with Gasteiger partial charge in [-0.05, 0) is 17.7 Å². The lowest BCUT2D eigenvalue weighted by molar-refractivity contribution is -0.127. The molecule has 2 N–H and O–H groups in total. The number of rotatable bonds is 3. The zero-order chi connectivity index (χ0) is 14.9. The van der Waals surface area contributed by atoms with Crippen LogP contribution in [-0.2, 0) is 19.5 Å². The zero-order valence-corrected chi connectivity index (χ0v) is 12.3. The molecule has 0 atom stereocenters. The highest BCUT2D eigenvalue weighted by Crippen LogP contribution is 2.23. The van der Waals surface area contributed by atoms with Gasteiger partial charge in [0.2, 0.25) is 5.95 Å². The summed E-state index contributed by atoms with van der Waals surface area (Å²) < 4.78 is 36.8. The molecule has 1 aromatic carbocycles. The van der Waals surface area contributed by atoms with Gasteiger partial charge in [0, 0.05) is 30.5 Å². The van der Waals surface area contributed by atoms with Crippen LogP contribution in [0.3, 0.4) is 0 Å². The third-order valence-electron chi connectivity index (χ3n) is 3.18. The number of hydrogen-bond acceptors (Lipinski definition) is 4. The maximum absolute atomic E-state index is 12.3. The summed E-state index contributed by atoms with van der Waals surface area (Å²) in [6.07, 6.45) is -3.36. The summed E-state index contributed by atoms with van der Waals surface area (Å²) in [6, 6.07) is 6.08. The number of nitrogens with one attached hydrogen (secondary N) is 2. The Morgan fingerprint density at radius 3 is 2.55 bits per heavy atom. The summed E-state index contributed by atoms with van der Waals surface area (Å²) in [7, 11) is 0. The second-order valence-electron chi connectivity index (χ2n) is 4.88. The fourth-order valence-corrected chi connectivity index (χ4v) is 2.19. The molecule has 8 heteroatoms. The van der Waals surface area contributed by atoms with E-state index < -0.39 is 12.6 Å². The SMILES string of the molecule is Cl.FC(F)(F)Cc1ccc(Nc2ncc3c(n2)CNC3)cc1. The molecule has 118 valence electrons. The molecule has 0 unspecified atom stereocenters. The van der Waals surface area contributed by atoms with Crippen LogP contribution in [0.1, 0.15) is 16.8 Å². The average Bonchev–Trinajstić information content (AvgIpc) is 2.87. The Morgan fingerprint density at radius 2 is 1.86 bits per heavy atom. The van der Waals surface area contributed by atoms with E-state index >= 15 is 0 Å². The normalized spacial score (nSPS) is 13.4. The molecule has 0 saturated heterocycles. The van der Waals surface area contributed by atoms with Gasteiger partial charge >= 0.3 is 6.18 Å². The van der Waals surface area contributed by atoms with E-state index in [2.05, 4.69) is 20.6 Å². The summed E-state index contributed by atoms with van der Waals surface area (Å²) in [5.74, 6) is 0.445. The second-order valence-corrected chi connectivity index (χ2v) is 4.88. The van der Waals surface area contributed by atoms with Crippen LogP contribution in [0.2, 0.25) is 0 Å². The highest BCUT2D eigenvalue weighted by atomic mass is 35.5. The fourth-order valence-electron chi connectivity index (χ4n) is 2.19. The van der Waals surface area contributed by atoms with Crippen molar-refractivity contribution in [2.75, 3.05) is 5.32 Å². The third-order valence-corrected chi connectivity index (χ3v) is 3.18. The quantitative estimate of drug-likeness (QED) is 0.906. The minimum absolute atomic E-state index is 0. The van der Waals surface area contributed by atoms with Gasteiger partial charge in [-0.2, -0.15) is 13.2 Å². The van der Waals surface area contributed by atoms with E-state index in [1.165, 1.54) is 12.1 Å². The molecule has 0 bridgehead atoms. The molecule has 1 aliphatic rings. The Hall–Kier alpha value is -1.86. The van der Waals surface area contributed by atoms with E-state index in [0.717, 1.165) is 17.8 Å². The van der Waals surface area contributed by atoms with E-state index in [1.807, 2.05) is 0 Å². The van der Waals surface area contributed by atoms with Crippen molar-refractivity contribution in [1.82, 2.24) is 15.3 Å². The lowest BCUT2D eigenvalue weighted by Crippen LogP contribution is -2.11. The summed E-state index contributed by atoms with van der Waals surface area (Å²) in [4.78, 5) is 8.55. The first kappa shape index (κ1) is 16.5. The molecule has 0 fully saturated rings. The fraction of sp³-hybridized carbons (Fsp3) is 0.286. The summed E-state index contributed by atoms with van der Waals surface area (Å²) >= 11 is 0.